The molecule has 2 N–H and O–H groups in total. The average Bonchev–Trinajstić information content (AvgIpc) is 2.74. The number of aromatic hydroxyl groups is 1. The molecule has 0 aromatic heterocycles. The molecule has 1 aliphatic heterocycles. The van der Waals surface area contributed by atoms with Gasteiger partial charge in [0.1, 0.15) is 5.75 Å². The van der Waals surface area contributed by atoms with E-state index in [9.17, 15) is 15.0 Å². The number of carboxylic acid groups (broad SMARTS) is 1. The highest BCUT2D eigenvalue weighted by molar-refractivity contribution is 6.06. The van der Waals surface area contributed by atoms with Gasteiger partial charge in [-0.05, 0) is 29.9 Å². The maximum Gasteiger partial charge on any atom is 0.351 e. The fourth-order valence-electron chi connectivity index (χ4n) is 3.02. The number of phenols is 1. The van der Waals surface area contributed by atoms with Crippen molar-refractivity contribution in [3.8, 4) is 5.75 Å². The molecule has 0 saturated carbocycles. The summed E-state index contributed by atoms with van der Waals surface area (Å²) in [6, 6.07) is 3.80. The molecule has 1 heterocycles. The summed E-state index contributed by atoms with van der Waals surface area (Å²) in [6.07, 6.45) is 0. The van der Waals surface area contributed by atoms with Gasteiger partial charge in [-0.2, -0.15) is 0 Å². The third kappa shape index (κ3) is 3.24. The van der Waals surface area contributed by atoms with Crippen molar-refractivity contribution in [2.75, 3.05) is 0 Å². The summed E-state index contributed by atoms with van der Waals surface area (Å²) in [5, 5.41) is 24.4. The van der Waals surface area contributed by atoms with Crippen LogP contribution in [0.4, 0.5) is 0 Å². The van der Waals surface area contributed by atoms with Crippen LogP contribution < -0.4 is 0 Å². The zero-order valence-corrected chi connectivity index (χ0v) is 16.4. The van der Waals surface area contributed by atoms with Crippen molar-refractivity contribution in [1.82, 2.24) is 0 Å². The summed E-state index contributed by atoms with van der Waals surface area (Å²) in [5.41, 5.74) is 1.11. The van der Waals surface area contributed by atoms with E-state index in [1.54, 1.807) is 6.92 Å². The highest BCUT2D eigenvalue weighted by atomic mass is 16.7. The Kier molecular flexibility index (Phi) is 4.44. The number of carboxylic acids is 1. The van der Waals surface area contributed by atoms with E-state index in [1.165, 1.54) is 6.92 Å². The zero-order valence-electron chi connectivity index (χ0n) is 16.4. The Morgan fingerprint density at radius 1 is 1.12 bits per heavy atom. The molecule has 25 heavy (non-hydrogen) atoms. The van der Waals surface area contributed by atoms with Gasteiger partial charge in [0.15, 0.2) is 0 Å². The molecule has 5 heteroatoms. The molecule has 0 radical (unpaired) electrons. The summed E-state index contributed by atoms with van der Waals surface area (Å²) in [6.45, 7) is 15.6. The summed E-state index contributed by atoms with van der Waals surface area (Å²) < 4.78 is 0. The molecule has 5 nitrogen and oxygen atoms in total. The summed E-state index contributed by atoms with van der Waals surface area (Å²) in [7, 11) is 0. The quantitative estimate of drug-likeness (QED) is 0.840. The first-order valence-corrected chi connectivity index (χ1v) is 8.57. The molecule has 0 aliphatic carbocycles. The second-order valence-electron chi connectivity index (χ2n) is 9.12. The van der Waals surface area contributed by atoms with Crippen molar-refractivity contribution < 1.29 is 19.8 Å². The van der Waals surface area contributed by atoms with Gasteiger partial charge in [0, 0.05) is 16.7 Å². The number of phenolic OH excluding ortho intramolecular Hbond substituents is 1. The molecule has 1 aromatic carbocycles. The van der Waals surface area contributed by atoms with Crippen molar-refractivity contribution >= 4 is 11.7 Å². The van der Waals surface area contributed by atoms with Gasteiger partial charge in [0.25, 0.3) is 0 Å². The van der Waals surface area contributed by atoms with Gasteiger partial charge in [-0.3, -0.25) is 0 Å². The van der Waals surface area contributed by atoms with Crippen LogP contribution in [0.15, 0.2) is 17.3 Å². The number of carbonyl (C=O) groups is 1. The number of benzene rings is 1. The van der Waals surface area contributed by atoms with Crippen LogP contribution in [0.3, 0.4) is 0 Å². The lowest BCUT2D eigenvalue weighted by molar-refractivity contribution is -0.163. The molecule has 1 aromatic rings. The molecule has 2 rings (SSSR count). The largest absolute Gasteiger partial charge is 0.507 e. The van der Waals surface area contributed by atoms with Crippen LogP contribution in [0.25, 0.3) is 0 Å². The maximum atomic E-state index is 11.6. The Labute approximate surface area is 149 Å². The summed E-state index contributed by atoms with van der Waals surface area (Å²) in [5.74, 6) is -1.16. The summed E-state index contributed by atoms with van der Waals surface area (Å²) in [4.78, 5) is 16.9. The van der Waals surface area contributed by atoms with Crippen LogP contribution in [0.1, 0.15) is 72.1 Å². The molecule has 2 unspecified atom stereocenters. The van der Waals surface area contributed by atoms with E-state index in [0.717, 1.165) is 16.7 Å². The minimum atomic E-state index is -1.38. The van der Waals surface area contributed by atoms with Crippen LogP contribution >= 0.6 is 0 Å². The molecule has 1 aliphatic rings. The van der Waals surface area contributed by atoms with Crippen molar-refractivity contribution in [3.05, 3.63) is 28.8 Å². The fourth-order valence-corrected chi connectivity index (χ4v) is 3.02. The van der Waals surface area contributed by atoms with Crippen LogP contribution in [0, 0.1) is 5.92 Å². The van der Waals surface area contributed by atoms with E-state index in [0.29, 0.717) is 5.71 Å². The second-order valence-corrected chi connectivity index (χ2v) is 9.12. The van der Waals surface area contributed by atoms with Crippen LogP contribution in [-0.4, -0.2) is 27.5 Å². The maximum absolute atomic E-state index is 11.6. The topological polar surface area (TPSA) is 79.1 Å². The molecule has 0 spiro atoms. The molecule has 138 valence electrons. The van der Waals surface area contributed by atoms with E-state index >= 15 is 0 Å². The van der Waals surface area contributed by atoms with E-state index < -0.39 is 17.5 Å². The lowest BCUT2D eigenvalue weighted by atomic mass is 9.76. The summed E-state index contributed by atoms with van der Waals surface area (Å²) >= 11 is 0. The van der Waals surface area contributed by atoms with Crippen LogP contribution in [0.2, 0.25) is 0 Å². The second kappa shape index (κ2) is 5.75. The van der Waals surface area contributed by atoms with Gasteiger partial charge in [0.05, 0.1) is 11.6 Å². The minimum absolute atomic E-state index is 0.264. The molecular formula is C20H29NO4. The Morgan fingerprint density at radius 3 is 1.88 bits per heavy atom. The lowest BCUT2D eigenvalue weighted by Crippen LogP contribution is -2.42. The molecule has 0 bridgehead atoms. The Hall–Kier alpha value is -2.04. The van der Waals surface area contributed by atoms with E-state index in [4.69, 9.17) is 4.84 Å². The van der Waals surface area contributed by atoms with Crippen LogP contribution in [-0.2, 0) is 20.5 Å². The highest BCUT2D eigenvalue weighted by Crippen LogP contribution is 2.41. The monoisotopic (exact) mass is 347 g/mol. The van der Waals surface area contributed by atoms with Gasteiger partial charge in [-0.1, -0.05) is 53.6 Å². The van der Waals surface area contributed by atoms with Crippen molar-refractivity contribution in [2.24, 2.45) is 11.1 Å². The number of nitrogens with zero attached hydrogens (tertiary/aromatic N) is 1. The zero-order chi connectivity index (χ0) is 19.4. The highest BCUT2D eigenvalue weighted by Gasteiger charge is 2.49. The molecule has 0 amide bonds. The predicted octanol–water partition coefficient (Wildman–Crippen LogP) is 4.20. The van der Waals surface area contributed by atoms with Crippen LogP contribution in [0.5, 0.6) is 5.75 Å². The Bertz CT molecular complexity index is 702. The van der Waals surface area contributed by atoms with Gasteiger partial charge >= 0.3 is 5.97 Å². The fraction of sp³-hybridized carbons (Fsp3) is 0.600. The molecule has 0 fully saturated rings. The first-order valence-electron chi connectivity index (χ1n) is 8.57. The third-order valence-corrected chi connectivity index (χ3v) is 5.02. The molecule has 0 saturated heterocycles. The number of oxime groups is 1. The smallest absolute Gasteiger partial charge is 0.351 e. The average molecular weight is 347 g/mol. The minimum Gasteiger partial charge on any atom is -0.507 e. The van der Waals surface area contributed by atoms with Crippen molar-refractivity contribution in [3.63, 3.8) is 0 Å². The van der Waals surface area contributed by atoms with Gasteiger partial charge in [-0.15, -0.1) is 0 Å². The normalized spacial score (nSPS) is 24.0. The van der Waals surface area contributed by atoms with E-state index in [2.05, 4.69) is 5.16 Å². The number of hydrogen-bond donors (Lipinski definition) is 2. The van der Waals surface area contributed by atoms with E-state index in [1.807, 2.05) is 53.7 Å². The Balaban J connectivity index is 2.66. The number of rotatable bonds is 2. The lowest BCUT2D eigenvalue weighted by Gasteiger charge is -2.29. The van der Waals surface area contributed by atoms with Crippen molar-refractivity contribution in [1.29, 1.82) is 0 Å². The standard InChI is InChI=1S/C20H29NO4/c1-11-15(21-25-20(11,8)17(23)24)12-9-13(18(2,3)4)16(22)14(10-12)19(5,6)7/h9-11,22H,1-8H3,(H,23,24). The first kappa shape index (κ1) is 19.3. The van der Waals surface area contributed by atoms with Gasteiger partial charge in [0.2, 0.25) is 5.60 Å². The van der Waals surface area contributed by atoms with Gasteiger partial charge in [-0.25, -0.2) is 4.79 Å². The number of hydrogen-bond acceptors (Lipinski definition) is 4. The number of aliphatic carboxylic acids is 1. The third-order valence-electron chi connectivity index (χ3n) is 5.02. The van der Waals surface area contributed by atoms with E-state index in [-0.39, 0.29) is 16.6 Å². The Morgan fingerprint density at radius 2 is 1.56 bits per heavy atom. The first-order chi connectivity index (χ1) is 11.2. The van der Waals surface area contributed by atoms with Crippen molar-refractivity contribution in [2.45, 2.75) is 71.8 Å². The van der Waals surface area contributed by atoms with Gasteiger partial charge < -0.3 is 15.1 Å². The predicted molar refractivity (Wildman–Crippen MR) is 98.3 cm³/mol. The molecular weight excluding hydrogens is 318 g/mol. The molecule has 2 atom stereocenters. The SMILES string of the molecule is CC1C(c2cc(C(C)(C)C)c(O)c(C(C)(C)C)c2)=NOC1(C)C(=O)O.